The van der Waals surface area contributed by atoms with Crippen molar-refractivity contribution in [3.63, 3.8) is 0 Å². The van der Waals surface area contributed by atoms with Gasteiger partial charge in [0.15, 0.2) is 5.85 Å². The smallest absolute Gasteiger partial charge is 0.264 e. The topological polar surface area (TPSA) is 59.4 Å². The highest BCUT2D eigenvalue weighted by Crippen LogP contribution is 2.60. The van der Waals surface area contributed by atoms with E-state index >= 15 is 0 Å². The predicted molar refractivity (Wildman–Crippen MR) is 109 cm³/mol. The van der Waals surface area contributed by atoms with Crippen molar-refractivity contribution in [3.8, 4) is 0 Å². The normalized spacial score (nSPS) is 26.5. The zero-order chi connectivity index (χ0) is 19.4. The first-order valence-electron chi connectivity index (χ1n) is 9.83. The largest absolute Gasteiger partial charge is 0.378 e. The highest BCUT2D eigenvalue weighted by Gasteiger charge is 2.42. The zero-order valence-corrected chi connectivity index (χ0v) is 17.3. The van der Waals surface area contributed by atoms with E-state index in [1.165, 1.54) is 6.42 Å². The number of aromatic nitrogens is 1. The lowest BCUT2D eigenvalue weighted by Crippen LogP contribution is -2.35. The van der Waals surface area contributed by atoms with Gasteiger partial charge in [-0.25, -0.2) is 0 Å². The van der Waals surface area contributed by atoms with Gasteiger partial charge in [0, 0.05) is 23.3 Å². The van der Waals surface area contributed by atoms with Crippen molar-refractivity contribution in [2.24, 2.45) is 17.8 Å². The summed E-state index contributed by atoms with van der Waals surface area (Å²) in [6, 6.07) is 12.6. The molecule has 0 saturated heterocycles. The summed E-state index contributed by atoms with van der Waals surface area (Å²) in [7, 11) is -3.54. The van der Waals surface area contributed by atoms with Crippen molar-refractivity contribution in [2.45, 2.75) is 52.0 Å². The first-order valence-corrected chi connectivity index (χ1v) is 11.5. The number of pyridine rings is 1. The quantitative estimate of drug-likeness (QED) is 0.696. The molecule has 3 rings (SSSR count). The molecule has 0 spiro atoms. The van der Waals surface area contributed by atoms with Crippen LogP contribution < -0.4 is 5.30 Å². The maximum atomic E-state index is 14.2. The van der Waals surface area contributed by atoms with Crippen LogP contribution in [0, 0.1) is 17.8 Å². The number of nitrogens with zero attached hydrogens (tertiary/aromatic N) is 1. The molecule has 5 atom stereocenters. The van der Waals surface area contributed by atoms with E-state index < -0.39 is 13.2 Å². The summed E-state index contributed by atoms with van der Waals surface area (Å²) in [6.45, 7) is 6.61. The number of hydrogen-bond acceptors (Lipinski definition) is 4. The van der Waals surface area contributed by atoms with E-state index in [9.17, 15) is 9.67 Å². The average Bonchev–Trinajstić information content (AvgIpc) is 2.68. The van der Waals surface area contributed by atoms with Gasteiger partial charge in [0.25, 0.3) is 7.37 Å². The van der Waals surface area contributed by atoms with Gasteiger partial charge < -0.3 is 9.63 Å². The lowest BCUT2D eigenvalue weighted by atomic mass is 9.75. The van der Waals surface area contributed by atoms with E-state index in [0.717, 1.165) is 12.8 Å². The van der Waals surface area contributed by atoms with Crippen LogP contribution in [-0.2, 0) is 9.09 Å². The van der Waals surface area contributed by atoms with Gasteiger partial charge in [-0.15, -0.1) is 0 Å². The van der Waals surface area contributed by atoms with E-state index in [2.05, 4.69) is 25.8 Å². The first-order chi connectivity index (χ1) is 12.9. The van der Waals surface area contributed by atoms with Crippen molar-refractivity contribution in [2.75, 3.05) is 0 Å². The van der Waals surface area contributed by atoms with E-state index in [0.29, 0.717) is 28.6 Å². The molecule has 27 heavy (non-hydrogen) atoms. The summed E-state index contributed by atoms with van der Waals surface area (Å²) in [4.78, 5) is 4.08. The Morgan fingerprint density at radius 3 is 2.52 bits per heavy atom. The minimum atomic E-state index is -3.54. The fraction of sp³-hybridized carbons (Fsp3) is 0.500. The highest BCUT2D eigenvalue weighted by atomic mass is 31.2. The van der Waals surface area contributed by atoms with Crippen LogP contribution in [0.1, 0.15) is 51.4 Å². The maximum absolute atomic E-state index is 14.2. The summed E-state index contributed by atoms with van der Waals surface area (Å²) >= 11 is 0. The van der Waals surface area contributed by atoms with E-state index in [1.54, 1.807) is 36.7 Å². The number of aliphatic hydroxyl groups is 1. The van der Waals surface area contributed by atoms with Crippen molar-refractivity contribution in [1.29, 1.82) is 0 Å². The van der Waals surface area contributed by atoms with Gasteiger partial charge in [0.1, 0.15) is 0 Å². The molecule has 0 amide bonds. The van der Waals surface area contributed by atoms with Crippen LogP contribution in [0.25, 0.3) is 0 Å². The molecule has 146 valence electrons. The lowest BCUT2D eigenvalue weighted by molar-refractivity contribution is 0.0427. The molecule has 1 N–H and O–H groups in total. The molecule has 1 aliphatic carbocycles. The lowest BCUT2D eigenvalue weighted by Gasteiger charge is -2.39. The molecular formula is C22H30NO3P. The van der Waals surface area contributed by atoms with Crippen LogP contribution in [0.3, 0.4) is 0 Å². The van der Waals surface area contributed by atoms with Crippen molar-refractivity contribution in [3.05, 3.63) is 60.4 Å². The van der Waals surface area contributed by atoms with Crippen LogP contribution in [0.5, 0.6) is 0 Å². The molecule has 1 aromatic carbocycles. The molecule has 0 bridgehead atoms. The Hall–Kier alpha value is -1.48. The Morgan fingerprint density at radius 2 is 1.89 bits per heavy atom. The second kappa shape index (κ2) is 8.68. The summed E-state index contributed by atoms with van der Waals surface area (Å²) < 4.78 is 20.6. The van der Waals surface area contributed by atoms with Gasteiger partial charge in [-0.2, -0.15) is 0 Å². The molecular weight excluding hydrogens is 357 g/mol. The van der Waals surface area contributed by atoms with Crippen LogP contribution >= 0.6 is 7.37 Å². The number of rotatable bonds is 6. The zero-order valence-electron chi connectivity index (χ0n) is 16.4. The average molecular weight is 387 g/mol. The number of aliphatic hydroxyl groups excluding tert-OH is 1. The standard InChI is InChI=1S/C22H30NO3P/c1-16(2)20-12-11-17(3)14-21(20)26-27(25,19-9-5-4-6-10-19)22(24)18-8-7-13-23-15-18/h4-10,13,15-17,20-22,24H,11-12,14H2,1-3H3/t17-,20-,21+,22-,27-/m0/s1. The molecule has 0 unspecified atom stereocenters. The van der Waals surface area contributed by atoms with Crippen LogP contribution in [0.15, 0.2) is 54.9 Å². The van der Waals surface area contributed by atoms with Gasteiger partial charge in [-0.3, -0.25) is 9.55 Å². The second-order valence-electron chi connectivity index (χ2n) is 8.06. The highest BCUT2D eigenvalue weighted by molar-refractivity contribution is 7.67. The van der Waals surface area contributed by atoms with Gasteiger partial charge in [-0.1, -0.05) is 51.5 Å². The van der Waals surface area contributed by atoms with Crippen molar-refractivity contribution >= 4 is 12.7 Å². The Bertz CT molecular complexity index is 766. The van der Waals surface area contributed by atoms with Gasteiger partial charge >= 0.3 is 0 Å². The van der Waals surface area contributed by atoms with Gasteiger partial charge in [-0.05, 0) is 48.8 Å². The van der Waals surface area contributed by atoms with Crippen LogP contribution in [0.4, 0.5) is 0 Å². The molecule has 5 heteroatoms. The monoisotopic (exact) mass is 387 g/mol. The third-order valence-corrected chi connectivity index (χ3v) is 8.22. The predicted octanol–water partition coefficient (Wildman–Crippen LogP) is 5.15. The van der Waals surface area contributed by atoms with E-state index in [4.69, 9.17) is 4.52 Å². The van der Waals surface area contributed by atoms with Crippen molar-refractivity contribution in [1.82, 2.24) is 4.98 Å². The SMILES string of the molecule is CC(C)[C@@H]1CC[C@H](C)C[C@H]1O[P@@](=O)(c1ccccc1)[C@H](O)c1cccnc1. The van der Waals surface area contributed by atoms with Crippen LogP contribution in [-0.4, -0.2) is 16.2 Å². The summed E-state index contributed by atoms with van der Waals surface area (Å²) in [5.41, 5.74) is 0.523. The molecule has 1 heterocycles. The minimum absolute atomic E-state index is 0.119. The molecule has 4 nitrogen and oxygen atoms in total. The summed E-state index contributed by atoms with van der Waals surface area (Å²) in [5.74, 6) is 0.102. The molecule has 0 radical (unpaired) electrons. The molecule has 1 fully saturated rings. The third-order valence-electron chi connectivity index (χ3n) is 5.67. The van der Waals surface area contributed by atoms with Crippen molar-refractivity contribution < 1.29 is 14.2 Å². The second-order valence-corrected chi connectivity index (χ2v) is 10.5. The number of hydrogen-bond donors (Lipinski definition) is 1. The van der Waals surface area contributed by atoms with E-state index in [1.807, 2.05) is 18.2 Å². The third kappa shape index (κ3) is 4.51. The molecule has 1 aliphatic rings. The number of benzene rings is 1. The molecule has 0 aliphatic heterocycles. The Labute approximate surface area is 162 Å². The fourth-order valence-corrected chi connectivity index (χ4v) is 6.35. The minimum Gasteiger partial charge on any atom is -0.378 e. The van der Waals surface area contributed by atoms with Gasteiger partial charge in [0.2, 0.25) is 0 Å². The Balaban J connectivity index is 1.98. The first kappa shape index (κ1) is 20.3. The summed E-state index contributed by atoms with van der Waals surface area (Å²) in [6.07, 6.45) is 6.20. The summed E-state index contributed by atoms with van der Waals surface area (Å²) in [5, 5.41) is 11.6. The Morgan fingerprint density at radius 1 is 1.15 bits per heavy atom. The maximum Gasteiger partial charge on any atom is 0.264 e. The van der Waals surface area contributed by atoms with Gasteiger partial charge in [0.05, 0.1) is 6.10 Å². The van der Waals surface area contributed by atoms with E-state index in [-0.39, 0.29) is 6.10 Å². The molecule has 1 saturated carbocycles. The Kier molecular flexibility index (Phi) is 6.52. The fourth-order valence-electron chi connectivity index (χ4n) is 4.06. The molecule has 2 aromatic rings. The van der Waals surface area contributed by atoms with Crippen LogP contribution in [0.2, 0.25) is 0 Å². The molecule has 1 aromatic heterocycles.